The predicted molar refractivity (Wildman–Crippen MR) is 88.0 cm³/mol. The standard InChI is InChI=1S/C17H21NO2.ClH/c1-2-6-16(18)15-10-9-14(11-17(15)19)20-12-13-7-4-3-5-8-13;/h3-5,7-11,16,19H,2,6,12,18H2,1H3;1H/t16-;/m0./s1. The smallest absolute Gasteiger partial charge is 0.124 e. The molecule has 0 amide bonds. The third-order valence-corrected chi connectivity index (χ3v) is 3.25. The molecular formula is C17H22ClNO2. The van der Waals surface area contributed by atoms with Crippen molar-refractivity contribution in [3.05, 3.63) is 59.7 Å². The summed E-state index contributed by atoms with van der Waals surface area (Å²) >= 11 is 0. The van der Waals surface area contributed by atoms with Gasteiger partial charge in [-0.05, 0) is 18.1 Å². The minimum atomic E-state index is -0.122. The minimum absolute atomic E-state index is 0. The van der Waals surface area contributed by atoms with Crippen molar-refractivity contribution in [3.63, 3.8) is 0 Å². The number of benzene rings is 2. The van der Waals surface area contributed by atoms with Gasteiger partial charge in [0.25, 0.3) is 0 Å². The summed E-state index contributed by atoms with van der Waals surface area (Å²) in [5, 5.41) is 10.0. The second-order valence-corrected chi connectivity index (χ2v) is 4.89. The summed E-state index contributed by atoms with van der Waals surface area (Å²) in [6, 6.07) is 15.1. The van der Waals surface area contributed by atoms with Crippen molar-refractivity contribution in [2.45, 2.75) is 32.4 Å². The SMILES string of the molecule is CCC[C@H](N)c1ccc(OCc2ccccc2)cc1O.Cl. The number of nitrogens with two attached hydrogens (primary N) is 1. The molecule has 4 heteroatoms. The molecule has 0 heterocycles. The van der Waals surface area contributed by atoms with E-state index in [0.29, 0.717) is 12.4 Å². The van der Waals surface area contributed by atoms with Crippen LogP contribution in [0.5, 0.6) is 11.5 Å². The molecule has 0 saturated carbocycles. The van der Waals surface area contributed by atoms with Crippen LogP contribution < -0.4 is 10.5 Å². The molecule has 0 aliphatic carbocycles. The molecule has 0 aliphatic rings. The van der Waals surface area contributed by atoms with Crippen LogP contribution in [-0.2, 0) is 6.61 Å². The van der Waals surface area contributed by atoms with Gasteiger partial charge in [-0.2, -0.15) is 0 Å². The topological polar surface area (TPSA) is 55.5 Å². The lowest BCUT2D eigenvalue weighted by Crippen LogP contribution is -2.09. The number of rotatable bonds is 6. The highest BCUT2D eigenvalue weighted by molar-refractivity contribution is 5.85. The number of ether oxygens (including phenoxy) is 1. The average Bonchev–Trinajstić information content (AvgIpc) is 2.46. The molecule has 0 fully saturated rings. The first kappa shape index (κ1) is 17.3. The van der Waals surface area contributed by atoms with Gasteiger partial charge in [-0.25, -0.2) is 0 Å². The van der Waals surface area contributed by atoms with E-state index in [1.54, 1.807) is 6.07 Å². The van der Waals surface area contributed by atoms with Gasteiger partial charge in [0.1, 0.15) is 18.1 Å². The Hall–Kier alpha value is -1.71. The average molecular weight is 308 g/mol. The maximum Gasteiger partial charge on any atom is 0.124 e. The van der Waals surface area contributed by atoms with Crippen molar-refractivity contribution in [2.24, 2.45) is 5.73 Å². The highest BCUT2D eigenvalue weighted by Crippen LogP contribution is 2.29. The van der Waals surface area contributed by atoms with Gasteiger partial charge in [0.2, 0.25) is 0 Å². The third kappa shape index (κ3) is 4.96. The van der Waals surface area contributed by atoms with Crippen LogP contribution in [0.1, 0.15) is 36.9 Å². The highest BCUT2D eigenvalue weighted by Gasteiger charge is 2.10. The first-order valence-electron chi connectivity index (χ1n) is 6.96. The van der Waals surface area contributed by atoms with Crippen molar-refractivity contribution in [1.82, 2.24) is 0 Å². The van der Waals surface area contributed by atoms with Gasteiger partial charge in [0.15, 0.2) is 0 Å². The second-order valence-electron chi connectivity index (χ2n) is 4.89. The second kappa shape index (κ2) is 8.55. The predicted octanol–water partition coefficient (Wildman–Crippen LogP) is 4.19. The summed E-state index contributed by atoms with van der Waals surface area (Å²) in [7, 11) is 0. The lowest BCUT2D eigenvalue weighted by molar-refractivity contribution is 0.304. The summed E-state index contributed by atoms with van der Waals surface area (Å²) in [5.74, 6) is 0.857. The van der Waals surface area contributed by atoms with Gasteiger partial charge < -0.3 is 15.6 Å². The number of aromatic hydroxyl groups is 1. The monoisotopic (exact) mass is 307 g/mol. The molecule has 2 aromatic carbocycles. The lowest BCUT2D eigenvalue weighted by atomic mass is 10.0. The highest BCUT2D eigenvalue weighted by atomic mass is 35.5. The molecule has 3 nitrogen and oxygen atoms in total. The van der Waals surface area contributed by atoms with Crippen LogP contribution in [0.2, 0.25) is 0 Å². The van der Waals surface area contributed by atoms with E-state index in [9.17, 15) is 5.11 Å². The van der Waals surface area contributed by atoms with Crippen LogP contribution in [0.4, 0.5) is 0 Å². The van der Waals surface area contributed by atoms with Crippen molar-refractivity contribution >= 4 is 12.4 Å². The summed E-state index contributed by atoms with van der Waals surface area (Å²) < 4.78 is 5.67. The Morgan fingerprint density at radius 3 is 2.48 bits per heavy atom. The van der Waals surface area contributed by atoms with E-state index in [-0.39, 0.29) is 24.2 Å². The Bertz CT molecular complexity index is 546. The zero-order chi connectivity index (χ0) is 14.4. The molecule has 1 atom stereocenters. The van der Waals surface area contributed by atoms with Crippen LogP contribution in [0.15, 0.2) is 48.5 Å². The molecule has 0 radical (unpaired) electrons. The Balaban J connectivity index is 0.00000220. The molecular weight excluding hydrogens is 286 g/mol. The first-order chi connectivity index (χ1) is 9.70. The number of halogens is 1. The van der Waals surface area contributed by atoms with E-state index >= 15 is 0 Å². The fourth-order valence-electron chi connectivity index (χ4n) is 2.13. The van der Waals surface area contributed by atoms with Gasteiger partial charge in [-0.1, -0.05) is 49.7 Å². The van der Waals surface area contributed by atoms with E-state index in [1.165, 1.54) is 0 Å². The molecule has 2 aromatic rings. The molecule has 2 rings (SSSR count). The van der Waals surface area contributed by atoms with Crippen molar-refractivity contribution in [3.8, 4) is 11.5 Å². The quantitative estimate of drug-likeness (QED) is 0.841. The summed E-state index contributed by atoms with van der Waals surface area (Å²) in [5.41, 5.74) is 7.89. The number of hydrogen-bond acceptors (Lipinski definition) is 3. The molecule has 0 unspecified atom stereocenters. The number of hydrogen-bond donors (Lipinski definition) is 2. The lowest BCUT2D eigenvalue weighted by Gasteiger charge is -2.14. The summed E-state index contributed by atoms with van der Waals surface area (Å²) in [4.78, 5) is 0. The Morgan fingerprint density at radius 1 is 1.14 bits per heavy atom. The van der Waals surface area contributed by atoms with E-state index in [0.717, 1.165) is 24.0 Å². The first-order valence-corrected chi connectivity index (χ1v) is 6.96. The zero-order valence-corrected chi connectivity index (χ0v) is 13.0. The molecule has 21 heavy (non-hydrogen) atoms. The minimum Gasteiger partial charge on any atom is -0.507 e. The van der Waals surface area contributed by atoms with E-state index in [1.807, 2.05) is 42.5 Å². The van der Waals surface area contributed by atoms with Gasteiger partial charge in [-0.3, -0.25) is 0 Å². The maximum absolute atomic E-state index is 10.0. The maximum atomic E-state index is 10.0. The largest absolute Gasteiger partial charge is 0.507 e. The zero-order valence-electron chi connectivity index (χ0n) is 12.2. The van der Waals surface area contributed by atoms with E-state index < -0.39 is 0 Å². The molecule has 0 bridgehead atoms. The van der Waals surface area contributed by atoms with Crippen LogP contribution in [-0.4, -0.2) is 5.11 Å². The molecule has 0 aromatic heterocycles. The molecule has 0 saturated heterocycles. The Morgan fingerprint density at radius 2 is 1.86 bits per heavy atom. The van der Waals surface area contributed by atoms with Crippen LogP contribution in [0, 0.1) is 0 Å². The summed E-state index contributed by atoms with van der Waals surface area (Å²) in [6.45, 7) is 2.56. The Kier molecular flexibility index (Phi) is 7.06. The number of phenols is 1. The van der Waals surface area contributed by atoms with Gasteiger partial charge in [0.05, 0.1) is 0 Å². The Labute approximate surface area is 132 Å². The molecule has 114 valence electrons. The molecule has 0 spiro atoms. The fraction of sp³-hybridized carbons (Fsp3) is 0.294. The van der Waals surface area contributed by atoms with Gasteiger partial charge in [0, 0.05) is 17.7 Å². The number of phenolic OH excluding ortho intramolecular Hbond substituents is 1. The van der Waals surface area contributed by atoms with Crippen LogP contribution in [0.3, 0.4) is 0 Å². The van der Waals surface area contributed by atoms with Crippen molar-refractivity contribution in [2.75, 3.05) is 0 Å². The van der Waals surface area contributed by atoms with Gasteiger partial charge in [-0.15, -0.1) is 12.4 Å². The van der Waals surface area contributed by atoms with E-state index in [4.69, 9.17) is 10.5 Å². The summed E-state index contributed by atoms with van der Waals surface area (Å²) in [6.07, 6.45) is 1.85. The molecule has 0 aliphatic heterocycles. The van der Waals surface area contributed by atoms with Crippen LogP contribution in [0.25, 0.3) is 0 Å². The van der Waals surface area contributed by atoms with Crippen molar-refractivity contribution < 1.29 is 9.84 Å². The van der Waals surface area contributed by atoms with Crippen molar-refractivity contribution in [1.29, 1.82) is 0 Å². The van der Waals surface area contributed by atoms with Crippen LogP contribution >= 0.6 is 12.4 Å². The van der Waals surface area contributed by atoms with E-state index in [2.05, 4.69) is 6.92 Å². The third-order valence-electron chi connectivity index (χ3n) is 3.25. The van der Waals surface area contributed by atoms with Gasteiger partial charge >= 0.3 is 0 Å². The normalized spacial score (nSPS) is 11.5. The molecule has 3 N–H and O–H groups in total. The fourth-order valence-corrected chi connectivity index (χ4v) is 2.13.